The third-order valence-electron chi connectivity index (χ3n) is 14.1. The zero-order chi connectivity index (χ0) is 44.7. The maximum atomic E-state index is 6.60. The number of thiophene rings is 1. The molecule has 0 atom stereocenters. The molecule has 318 valence electrons. The Kier molecular flexibility index (Phi) is 8.60. The molecule has 0 saturated heterocycles. The highest BCUT2D eigenvalue weighted by Gasteiger charge is 2.45. The Morgan fingerprint density at radius 1 is 0.431 bits per heavy atom. The maximum Gasteiger partial charge on any atom is 0.252 e. The number of furan rings is 1. The molecule has 0 saturated carbocycles. The zero-order valence-corrected chi connectivity index (χ0v) is 39.6. The van der Waals surface area contributed by atoms with Gasteiger partial charge in [0.05, 0.1) is 0 Å². The van der Waals surface area contributed by atoms with E-state index in [1.54, 1.807) is 0 Å². The molecule has 2 aliphatic heterocycles. The van der Waals surface area contributed by atoms with Crippen molar-refractivity contribution in [1.82, 2.24) is 0 Å². The van der Waals surface area contributed by atoms with Crippen LogP contribution in [0.1, 0.15) is 79.0 Å². The Balaban J connectivity index is 1.12. The fourth-order valence-electron chi connectivity index (χ4n) is 10.5. The Morgan fingerprint density at radius 2 is 0.969 bits per heavy atom. The Bertz CT molecular complexity index is 3570. The lowest BCUT2D eigenvalue weighted by Gasteiger charge is -2.45. The number of anilines is 6. The molecule has 2 aromatic heterocycles. The van der Waals surface area contributed by atoms with Crippen LogP contribution in [-0.4, -0.2) is 6.71 Å². The summed E-state index contributed by atoms with van der Waals surface area (Å²) in [6.07, 6.45) is 0. The van der Waals surface area contributed by atoms with E-state index in [2.05, 4.69) is 230 Å². The zero-order valence-electron chi connectivity index (χ0n) is 38.8. The quantitative estimate of drug-likeness (QED) is 0.165. The van der Waals surface area contributed by atoms with Gasteiger partial charge < -0.3 is 14.2 Å². The first-order valence-corrected chi connectivity index (χ1v) is 23.9. The molecule has 0 amide bonds. The second-order valence-corrected chi connectivity index (χ2v) is 22.5. The van der Waals surface area contributed by atoms with Crippen molar-refractivity contribution in [3.8, 4) is 11.1 Å². The molecule has 0 spiro atoms. The normalized spacial score (nSPS) is 13.8. The molecule has 4 heterocycles. The molecule has 3 nitrogen and oxygen atoms in total. The molecular weight excluding hydrogens is 808 g/mol. The third kappa shape index (κ3) is 6.22. The summed E-state index contributed by atoms with van der Waals surface area (Å²) in [5.41, 5.74) is 19.2. The van der Waals surface area contributed by atoms with E-state index in [4.69, 9.17) is 4.42 Å². The lowest BCUT2D eigenvalue weighted by Crippen LogP contribution is -2.61. The third-order valence-corrected chi connectivity index (χ3v) is 15.4. The van der Waals surface area contributed by atoms with Gasteiger partial charge in [0, 0.05) is 71.1 Å². The SMILES string of the molecule is CC(C)(C)c1ccc2c(c1)N(c1ccc(-c3cccc4c3sc3ccccc34)cc1)c1cc(C(C)(C)C)cc3c1B2c1ccc(C(C)(C)C)cc1N3c1ccc2c(c1)oc1ccccc12. The molecule has 0 aliphatic carbocycles. The van der Waals surface area contributed by atoms with Crippen LogP contribution in [0.5, 0.6) is 0 Å². The van der Waals surface area contributed by atoms with Crippen LogP contribution in [0.2, 0.25) is 0 Å². The number of hydrogen-bond acceptors (Lipinski definition) is 4. The van der Waals surface area contributed by atoms with Gasteiger partial charge in [-0.2, -0.15) is 0 Å². The smallest absolute Gasteiger partial charge is 0.252 e. The van der Waals surface area contributed by atoms with E-state index in [-0.39, 0.29) is 23.0 Å². The lowest BCUT2D eigenvalue weighted by atomic mass is 9.33. The monoisotopic (exact) mass is 860 g/mol. The van der Waals surface area contributed by atoms with Crippen LogP contribution in [0.3, 0.4) is 0 Å². The van der Waals surface area contributed by atoms with Crippen LogP contribution in [0, 0.1) is 0 Å². The molecule has 0 unspecified atom stereocenters. The molecule has 5 heteroatoms. The summed E-state index contributed by atoms with van der Waals surface area (Å²) < 4.78 is 9.26. The van der Waals surface area contributed by atoms with E-state index < -0.39 is 0 Å². The van der Waals surface area contributed by atoms with E-state index in [1.165, 1.54) is 87.1 Å². The maximum absolute atomic E-state index is 6.60. The molecule has 0 radical (unpaired) electrons. The number of hydrogen-bond donors (Lipinski definition) is 0. The molecule has 10 aromatic rings. The van der Waals surface area contributed by atoms with Crippen molar-refractivity contribution < 1.29 is 4.42 Å². The summed E-state index contributed by atoms with van der Waals surface area (Å²) in [5, 5.41) is 4.92. The van der Waals surface area contributed by atoms with Gasteiger partial charge in [-0.05, 0) is 121 Å². The van der Waals surface area contributed by atoms with Gasteiger partial charge in [-0.15, -0.1) is 11.3 Å². The van der Waals surface area contributed by atoms with Crippen LogP contribution in [-0.2, 0) is 16.2 Å². The highest BCUT2D eigenvalue weighted by atomic mass is 32.1. The van der Waals surface area contributed by atoms with Crippen LogP contribution in [0.4, 0.5) is 34.1 Å². The number of benzene rings is 8. The van der Waals surface area contributed by atoms with Gasteiger partial charge in [-0.25, -0.2) is 0 Å². The first-order chi connectivity index (χ1) is 31.1. The van der Waals surface area contributed by atoms with Crippen molar-refractivity contribution >= 4 is 111 Å². The topological polar surface area (TPSA) is 19.6 Å². The van der Waals surface area contributed by atoms with E-state index >= 15 is 0 Å². The number of rotatable bonds is 3. The summed E-state index contributed by atoms with van der Waals surface area (Å²) in [6, 6.07) is 59.7. The highest BCUT2D eigenvalue weighted by Crippen LogP contribution is 2.49. The van der Waals surface area contributed by atoms with Gasteiger partial charge in [0.25, 0.3) is 6.71 Å². The van der Waals surface area contributed by atoms with Crippen LogP contribution in [0.25, 0.3) is 53.2 Å². The minimum atomic E-state index is -0.130. The first kappa shape index (κ1) is 40.0. The van der Waals surface area contributed by atoms with Crippen molar-refractivity contribution in [2.75, 3.05) is 9.80 Å². The van der Waals surface area contributed by atoms with Crippen LogP contribution >= 0.6 is 11.3 Å². The molecule has 2 aliphatic rings. The minimum Gasteiger partial charge on any atom is -0.456 e. The number of nitrogens with zero attached hydrogens (tertiary/aromatic N) is 2. The molecule has 12 rings (SSSR count). The van der Waals surface area contributed by atoms with Gasteiger partial charge in [-0.3, -0.25) is 0 Å². The molecule has 0 fully saturated rings. The molecule has 0 bridgehead atoms. The van der Waals surface area contributed by atoms with Crippen LogP contribution in [0.15, 0.2) is 162 Å². The van der Waals surface area contributed by atoms with Crippen molar-refractivity contribution in [2.45, 2.75) is 78.6 Å². The van der Waals surface area contributed by atoms with E-state index in [1.807, 2.05) is 11.3 Å². The first-order valence-electron chi connectivity index (χ1n) is 23.1. The van der Waals surface area contributed by atoms with Crippen molar-refractivity contribution in [3.05, 3.63) is 174 Å². The average Bonchev–Trinajstić information content (AvgIpc) is 3.86. The average molecular weight is 861 g/mol. The Labute approximate surface area is 387 Å². The summed E-state index contributed by atoms with van der Waals surface area (Å²) in [4.78, 5) is 5.12. The number of fused-ring (bicyclic) bond motifs is 10. The van der Waals surface area contributed by atoms with Crippen molar-refractivity contribution in [3.63, 3.8) is 0 Å². The van der Waals surface area contributed by atoms with Crippen molar-refractivity contribution in [1.29, 1.82) is 0 Å². The summed E-state index contributed by atoms with van der Waals surface area (Å²) in [7, 11) is 0. The van der Waals surface area contributed by atoms with E-state index in [0.29, 0.717) is 0 Å². The lowest BCUT2D eigenvalue weighted by molar-refractivity contribution is 0.590. The molecule has 0 N–H and O–H groups in total. The fraction of sp³-hybridized carbons (Fsp3) is 0.200. The fourth-order valence-corrected chi connectivity index (χ4v) is 11.8. The Morgan fingerprint density at radius 3 is 1.62 bits per heavy atom. The van der Waals surface area contributed by atoms with Gasteiger partial charge in [0.1, 0.15) is 11.2 Å². The molecular formula is C60H53BN2OS. The summed E-state index contributed by atoms with van der Waals surface area (Å²) in [6.45, 7) is 21.0. The minimum absolute atomic E-state index is 0.0225. The highest BCUT2D eigenvalue weighted by molar-refractivity contribution is 7.26. The summed E-state index contributed by atoms with van der Waals surface area (Å²) >= 11 is 1.89. The molecule has 65 heavy (non-hydrogen) atoms. The molecule has 8 aromatic carbocycles. The van der Waals surface area contributed by atoms with Gasteiger partial charge in [0.15, 0.2) is 0 Å². The largest absolute Gasteiger partial charge is 0.456 e. The van der Waals surface area contributed by atoms with E-state index in [9.17, 15) is 0 Å². The second-order valence-electron chi connectivity index (χ2n) is 21.4. The van der Waals surface area contributed by atoms with Crippen LogP contribution < -0.4 is 26.2 Å². The second kappa shape index (κ2) is 14.0. The standard InChI is InChI=1S/C60H53BN2OS/c1-58(2,3)37-23-29-47-49(31-37)62(40-25-21-36(22-26-40)42-17-14-18-46-45-16-11-13-20-55(45)65-57(42)46)51-33-39(60(7,8)9)34-52-56(51)61(47)48-30-24-38(59(4,5)6)32-50(48)63(52)41-27-28-44-43-15-10-12-19-53(43)64-54(44)35-41/h10-35H,1-9H3. The van der Waals surface area contributed by atoms with Gasteiger partial charge >= 0.3 is 0 Å². The predicted molar refractivity (Wildman–Crippen MR) is 282 cm³/mol. The van der Waals surface area contributed by atoms with Gasteiger partial charge in [-0.1, -0.05) is 153 Å². The summed E-state index contributed by atoms with van der Waals surface area (Å²) in [5.74, 6) is 0. The Hall–Kier alpha value is -6.56. The van der Waals surface area contributed by atoms with Crippen molar-refractivity contribution in [2.24, 2.45) is 0 Å². The number of para-hydroxylation sites is 1. The predicted octanol–water partition coefficient (Wildman–Crippen LogP) is 15.6. The van der Waals surface area contributed by atoms with Gasteiger partial charge in [0.2, 0.25) is 0 Å². The van der Waals surface area contributed by atoms with E-state index in [0.717, 1.165) is 33.3 Å².